The van der Waals surface area contributed by atoms with E-state index in [1.54, 1.807) is 0 Å². The smallest absolute Gasteiger partial charge is 0.238 e. The lowest BCUT2D eigenvalue weighted by atomic mass is 10.0. The van der Waals surface area contributed by atoms with Gasteiger partial charge in [-0.05, 0) is 60.9 Å². The molecule has 0 unspecified atom stereocenters. The second kappa shape index (κ2) is 9.85. The van der Waals surface area contributed by atoms with Crippen LogP contribution in [0.5, 0.6) is 0 Å². The van der Waals surface area contributed by atoms with E-state index >= 15 is 0 Å². The van der Waals surface area contributed by atoms with Gasteiger partial charge in [-0.25, -0.2) is 4.98 Å². The van der Waals surface area contributed by atoms with Crippen molar-refractivity contribution in [1.82, 2.24) is 29.1 Å². The number of fused-ring (bicyclic) bond motifs is 7. The van der Waals surface area contributed by atoms with Gasteiger partial charge in [-0.3, -0.25) is 9.55 Å². The third-order valence-corrected chi connectivity index (χ3v) is 8.49. The molecular formula is C38H26N6. The number of rotatable bonds is 4. The van der Waals surface area contributed by atoms with E-state index in [1.165, 1.54) is 5.39 Å². The van der Waals surface area contributed by atoms with Crippen LogP contribution in [0.4, 0.5) is 0 Å². The van der Waals surface area contributed by atoms with Gasteiger partial charge in [0.05, 0.1) is 27.6 Å². The Kier molecular flexibility index (Phi) is 5.53. The van der Waals surface area contributed by atoms with E-state index in [2.05, 4.69) is 112 Å². The number of hydrogen-bond donors (Lipinski definition) is 0. The molecule has 1 aliphatic rings. The number of benzene rings is 4. The Morgan fingerprint density at radius 3 is 2.20 bits per heavy atom. The van der Waals surface area contributed by atoms with E-state index in [-0.39, 0.29) is 0 Å². The Balaban J connectivity index is 1.45. The van der Waals surface area contributed by atoms with Gasteiger partial charge in [-0.2, -0.15) is 9.97 Å². The quantitative estimate of drug-likeness (QED) is 0.213. The highest BCUT2D eigenvalue weighted by Gasteiger charge is 2.23. The summed E-state index contributed by atoms with van der Waals surface area (Å²) in [6.07, 6.45) is 10.1. The maximum atomic E-state index is 5.18. The molecule has 1 aliphatic carbocycles. The van der Waals surface area contributed by atoms with Crippen LogP contribution in [-0.2, 0) is 0 Å². The van der Waals surface area contributed by atoms with Crippen molar-refractivity contribution < 1.29 is 0 Å². The number of pyridine rings is 1. The van der Waals surface area contributed by atoms with Crippen molar-refractivity contribution in [3.63, 3.8) is 0 Å². The monoisotopic (exact) mass is 566 g/mol. The fraction of sp³-hybridized carbons (Fsp3) is 0.0526. The average Bonchev–Trinajstić information content (AvgIpc) is 3.62. The van der Waals surface area contributed by atoms with Gasteiger partial charge in [0, 0.05) is 33.6 Å². The highest BCUT2D eigenvalue weighted by Crippen LogP contribution is 2.41. The summed E-state index contributed by atoms with van der Waals surface area (Å²) in [5.74, 6) is 1.94. The van der Waals surface area contributed by atoms with Crippen molar-refractivity contribution >= 4 is 49.3 Å². The highest BCUT2D eigenvalue weighted by molar-refractivity contribution is 6.25. The summed E-state index contributed by atoms with van der Waals surface area (Å²) in [7, 11) is 0. The molecule has 8 aromatic rings. The molecule has 9 rings (SSSR count). The van der Waals surface area contributed by atoms with Crippen LogP contribution in [0.2, 0.25) is 0 Å². The summed E-state index contributed by atoms with van der Waals surface area (Å²) in [6.45, 7) is 0. The molecule has 4 aromatic carbocycles. The van der Waals surface area contributed by atoms with Crippen LogP contribution in [0.25, 0.3) is 72.3 Å². The fourth-order valence-electron chi connectivity index (χ4n) is 6.55. The molecule has 0 aliphatic heterocycles. The molecule has 0 saturated heterocycles. The molecule has 6 nitrogen and oxygen atoms in total. The second-order valence-electron chi connectivity index (χ2n) is 11.1. The fourth-order valence-corrected chi connectivity index (χ4v) is 6.55. The van der Waals surface area contributed by atoms with Crippen LogP contribution < -0.4 is 0 Å². The summed E-state index contributed by atoms with van der Waals surface area (Å²) in [5, 5.41) is 3.37. The van der Waals surface area contributed by atoms with E-state index in [0.29, 0.717) is 17.6 Å². The van der Waals surface area contributed by atoms with Crippen molar-refractivity contribution in [3.05, 3.63) is 139 Å². The van der Waals surface area contributed by atoms with Crippen molar-refractivity contribution in [2.24, 2.45) is 0 Å². The molecule has 4 aromatic heterocycles. The van der Waals surface area contributed by atoms with Gasteiger partial charge in [-0.15, -0.1) is 0 Å². The predicted octanol–water partition coefficient (Wildman–Crippen LogP) is 8.86. The number of nitrogens with zero attached hydrogens (tertiary/aromatic N) is 6. The SMILES string of the molecule is C1=CCCC(c2nc(-c3ccccc3)nc(-n3c4cccnc4c4ccc5c(c6ccccc6n5-c5ccccc5)c43)n2)=C1. The molecule has 0 atom stereocenters. The minimum atomic E-state index is 0.585. The van der Waals surface area contributed by atoms with Gasteiger partial charge in [0.15, 0.2) is 11.6 Å². The minimum Gasteiger partial charge on any atom is -0.309 e. The second-order valence-corrected chi connectivity index (χ2v) is 11.1. The first-order valence-electron chi connectivity index (χ1n) is 14.9. The van der Waals surface area contributed by atoms with Gasteiger partial charge >= 0.3 is 0 Å². The van der Waals surface area contributed by atoms with Crippen molar-refractivity contribution in [2.45, 2.75) is 12.8 Å². The lowest BCUT2D eigenvalue weighted by Crippen LogP contribution is -2.08. The van der Waals surface area contributed by atoms with Crippen molar-refractivity contribution in [1.29, 1.82) is 0 Å². The van der Waals surface area contributed by atoms with Crippen molar-refractivity contribution in [2.75, 3.05) is 0 Å². The first-order valence-corrected chi connectivity index (χ1v) is 14.9. The van der Waals surface area contributed by atoms with Crippen LogP contribution in [0.3, 0.4) is 0 Å². The Hall–Kier alpha value is -5.88. The zero-order valence-electron chi connectivity index (χ0n) is 23.8. The van der Waals surface area contributed by atoms with Gasteiger partial charge in [0.2, 0.25) is 5.95 Å². The normalized spacial score (nSPS) is 13.3. The van der Waals surface area contributed by atoms with Gasteiger partial charge in [0.25, 0.3) is 0 Å². The predicted molar refractivity (Wildman–Crippen MR) is 178 cm³/mol. The Morgan fingerprint density at radius 2 is 1.36 bits per heavy atom. The maximum absolute atomic E-state index is 5.18. The minimum absolute atomic E-state index is 0.585. The molecule has 0 saturated carbocycles. The molecule has 208 valence electrons. The first kappa shape index (κ1) is 24.7. The molecule has 0 bridgehead atoms. The average molecular weight is 567 g/mol. The van der Waals surface area contributed by atoms with Crippen LogP contribution in [0.15, 0.2) is 134 Å². The first-order chi connectivity index (χ1) is 21.8. The van der Waals surface area contributed by atoms with Crippen LogP contribution in [-0.4, -0.2) is 29.1 Å². The molecule has 4 heterocycles. The van der Waals surface area contributed by atoms with Crippen LogP contribution in [0.1, 0.15) is 18.7 Å². The zero-order chi connectivity index (χ0) is 29.0. The Morgan fingerprint density at radius 1 is 0.591 bits per heavy atom. The molecule has 44 heavy (non-hydrogen) atoms. The zero-order valence-corrected chi connectivity index (χ0v) is 23.8. The van der Waals surface area contributed by atoms with E-state index in [9.17, 15) is 0 Å². The standard InChI is InChI=1S/C38H26N6/c1-4-13-25(14-5-1)36-40-37(26-15-6-2-7-16-26)42-38(41-36)44-32-21-12-24-39-34(32)29-22-23-31-33(35(29)44)28-19-10-11-20-30(28)43(31)27-17-8-3-9-18-27/h1-6,8-15,17-24H,7,16H2. The number of aromatic nitrogens is 6. The summed E-state index contributed by atoms with van der Waals surface area (Å²) >= 11 is 0. The van der Waals surface area contributed by atoms with Gasteiger partial charge < -0.3 is 4.57 Å². The number of allylic oxidation sites excluding steroid dienone is 4. The molecule has 0 amide bonds. The van der Waals surface area contributed by atoms with Crippen molar-refractivity contribution in [3.8, 4) is 23.0 Å². The molecule has 0 radical (unpaired) electrons. The number of hydrogen-bond acceptors (Lipinski definition) is 4. The molecule has 0 spiro atoms. The van der Waals surface area contributed by atoms with E-state index < -0.39 is 0 Å². The van der Waals surface area contributed by atoms with Crippen LogP contribution >= 0.6 is 0 Å². The number of para-hydroxylation sites is 2. The third kappa shape index (κ3) is 3.74. The lowest BCUT2D eigenvalue weighted by Gasteiger charge is -2.13. The highest BCUT2D eigenvalue weighted by atomic mass is 15.2. The summed E-state index contributed by atoms with van der Waals surface area (Å²) in [5.41, 5.74) is 8.36. The molecule has 0 N–H and O–H groups in total. The summed E-state index contributed by atoms with van der Waals surface area (Å²) < 4.78 is 4.53. The lowest BCUT2D eigenvalue weighted by molar-refractivity contribution is 0.914. The molecule has 0 fully saturated rings. The summed E-state index contributed by atoms with van der Waals surface area (Å²) in [6, 6.07) is 37.8. The van der Waals surface area contributed by atoms with E-state index in [1.807, 2.05) is 30.5 Å². The van der Waals surface area contributed by atoms with Gasteiger partial charge in [-0.1, -0.05) is 85.0 Å². The Bertz CT molecular complexity index is 2430. The topological polar surface area (TPSA) is 61.4 Å². The van der Waals surface area contributed by atoms with Crippen LogP contribution in [0, 0.1) is 0 Å². The molecule has 6 heteroatoms. The Labute approximate surface area is 253 Å². The molecular weight excluding hydrogens is 540 g/mol. The van der Waals surface area contributed by atoms with E-state index in [4.69, 9.17) is 19.9 Å². The van der Waals surface area contributed by atoms with Gasteiger partial charge in [0.1, 0.15) is 0 Å². The largest absolute Gasteiger partial charge is 0.309 e. The maximum Gasteiger partial charge on any atom is 0.238 e. The van der Waals surface area contributed by atoms with E-state index in [0.717, 1.165) is 68.0 Å². The third-order valence-electron chi connectivity index (χ3n) is 8.49. The summed E-state index contributed by atoms with van der Waals surface area (Å²) in [4.78, 5) is 20.2.